The van der Waals surface area contributed by atoms with Gasteiger partial charge in [-0.15, -0.1) is 22.7 Å². The summed E-state index contributed by atoms with van der Waals surface area (Å²) in [4.78, 5) is 38.5. The molecular formula is C48H32N8S2. The van der Waals surface area contributed by atoms with Gasteiger partial charge < -0.3 is 0 Å². The van der Waals surface area contributed by atoms with Gasteiger partial charge in [-0.1, -0.05) is 0 Å². The third kappa shape index (κ3) is 7.57. The lowest BCUT2D eigenvalue weighted by atomic mass is 9.93. The van der Waals surface area contributed by atoms with Gasteiger partial charge in [-0.05, 0) is 142 Å². The Balaban J connectivity index is 0.000000150. The van der Waals surface area contributed by atoms with Crippen LogP contribution in [0, 0.1) is 0 Å². The van der Waals surface area contributed by atoms with Crippen molar-refractivity contribution >= 4 is 22.7 Å². The summed E-state index contributed by atoms with van der Waals surface area (Å²) in [5.74, 6) is 0. The second kappa shape index (κ2) is 17.2. The molecule has 10 heterocycles. The third-order valence-corrected chi connectivity index (χ3v) is 12.0. The largest absolute Gasteiger partial charge is 0.265 e. The minimum atomic E-state index is 1.13. The molecule has 0 atom stereocenters. The second-order valence-corrected chi connectivity index (χ2v) is 14.9. The Morgan fingerprint density at radius 2 is 0.328 bits per heavy atom. The summed E-state index contributed by atoms with van der Waals surface area (Å²) < 4.78 is 0. The van der Waals surface area contributed by atoms with Gasteiger partial charge in [-0.3, -0.25) is 39.9 Å². The van der Waals surface area contributed by atoms with Crippen molar-refractivity contribution in [1.29, 1.82) is 0 Å². The van der Waals surface area contributed by atoms with Crippen molar-refractivity contribution in [3.63, 3.8) is 0 Å². The number of thiophene rings is 2. The Labute approximate surface area is 343 Å². The van der Waals surface area contributed by atoms with Crippen LogP contribution in [0.5, 0.6) is 0 Å². The molecule has 10 aromatic heterocycles. The molecule has 0 aliphatic rings. The molecule has 0 amide bonds. The molecule has 0 saturated carbocycles. The molecule has 10 rings (SSSR count). The van der Waals surface area contributed by atoms with Crippen molar-refractivity contribution in [1.82, 2.24) is 39.9 Å². The molecule has 10 heteroatoms. The summed E-state index contributed by atoms with van der Waals surface area (Å²) in [5, 5.41) is 0. The summed E-state index contributed by atoms with van der Waals surface area (Å²) in [6.45, 7) is 0. The smallest absolute Gasteiger partial charge is 0.0435 e. The zero-order valence-electron chi connectivity index (χ0n) is 30.9. The van der Waals surface area contributed by atoms with Crippen LogP contribution in [-0.4, -0.2) is 39.9 Å². The van der Waals surface area contributed by atoms with Crippen molar-refractivity contribution in [2.75, 3.05) is 0 Å². The first kappa shape index (κ1) is 36.3. The standard InChI is InChI=1S/2C24H16N4S/c2*1-9-25-10-2-17(1)21-22(18-3-11-26-12-4-18)24(20-7-15-28-16-8-20)29-23(21)19-5-13-27-14-6-19/h2*1-16H. The Kier molecular flexibility index (Phi) is 10.7. The Morgan fingerprint density at radius 1 is 0.190 bits per heavy atom. The highest BCUT2D eigenvalue weighted by Gasteiger charge is 2.24. The van der Waals surface area contributed by atoms with Gasteiger partial charge in [-0.2, -0.15) is 0 Å². The predicted molar refractivity (Wildman–Crippen MR) is 234 cm³/mol. The van der Waals surface area contributed by atoms with Gasteiger partial charge in [0.1, 0.15) is 0 Å². The maximum Gasteiger partial charge on any atom is 0.0435 e. The van der Waals surface area contributed by atoms with E-state index < -0.39 is 0 Å². The lowest BCUT2D eigenvalue weighted by Gasteiger charge is -2.10. The minimum absolute atomic E-state index is 1.13. The Hall–Kier alpha value is -7.40. The SMILES string of the molecule is c1cc(-c2sc(-c3ccncc3)c(-c3ccncc3)c2-c2ccncc2)ccn1.c1cc(-c2sc(-c3ccncc3)c(-c3ccncc3)c2-c2ccncc2)ccn1. The monoisotopic (exact) mass is 784 g/mol. The van der Waals surface area contributed by atoms with Gasteiger partial charge in [0.15, 0.2) is 0 Å². The molecule has 0 N–H and O–H groups in total. The van der Waals surface area contributed by atoms with E-state index in [2.05, 4.69) is 137 Å². The molecule has 0 aliphatic carbocycles. The topological polar surface area (TPSA) is 103 Å². The number of rotatable bonds is 8. The number of hydrogen-bond acceptors (Lipinski definition) is 10. The van der Waals surface area contributed by atoms with Crippen LogP contribution in [0.2, 0.25) is 0 Å². The van der Waals surface area contributed by atoms with Gasteiger partial charge in [0.05, 0.1) is 0 Å². The maximum absolute atomic E-state index is 4.22. The van der Waals surface area contributed by atoms with Gasteiger partial charge in [-0.25, -0.2) is 0 Å². The highest BCUT2D eigenvalue weighted by Crippen LogP contribution is 2.53. The van der Waals surface area contributed by atoms with Crippen LogP contribution in [0.25, 0.3) is 86.3 Å². The zero-order valence-corrected chi connectivity index (χ0v) is 32.5. The molecule has 0 radical (unpaired) electrons. The highest BCUT2D eigenvalue weighted by atomic mass is 32.1. The molecule has 0 spiro atoms. The van der Waals surface area contributed by atoms with E-state index >= 15 is 0 Å². The van der Waals surface area contributed by atoms with Crippen LogP contribution in [-0.2, 0) is 0 Å². The summed E-state index contributed by atoms with van der Waals surface area (Å²) in [7, 11) is 0. The van der Waals surface area contributed by atoms with Crippen LogP contribution in [0.3, 0.4) is 0 Å². The van der Waals surface area contributed by atoms with Crippen LogP contribution >= 0.6 is 22.7 Å². The molecule has 0 aliphatic heterocycles. The molecule has 8 nitrogen and oxygen atoms in total. The molecule has 0 saturated heterocycles. The van der Waals surface area contributed by atoms with Gasteiger partial charge >= 0.3 is 0 Å². The van der Waals surface area contributed by atoms with E-state index in [1.807, 2.05) is 99.1 Å². The first-order valence-electron chi connectivity index (χ1n) is 18.4. The zero-order chi connectivity index (χ0) is 38.9. The van der Waals surface area contributed by atoms with E-state index in [1.165, 1.54) is 41.8 Å². The fraction of sp³-hybridized carbons (Fsp3) is 0. The summed E-state index contributed by atoms with van der Waals surface area (Å²) in [6.07, 6.45) is 29.4. The first-order valence-corrected chi connectivity index (χ1v) is 20.0. The first-order chi connectivity index (χ1) is 28.8. The normalized spacial score (nSPS) is 10.8. The second-order valence-electron chi connectivity index (χ2n) is 12.9. The lowest BCUT2D eigenvalue weighted by molar-refractivity contribution is 1.32. The summed E-state index contributed by atoms with van der Waals surface area (Å²) >= 11 is 3.57. The van der Waals surface area contributed by atoms with E-state index in [1.54, 1.807) is 22.7 Å². The summed E-state index contributed by atoms with van der Waals surface area (Å²) in [5.41, 5.74) is 13.9. The molecule has 0 bridgehead atoms. The van der Waals surface area contributed by atoms with E-state index in [-0.39, 0.29) is 0 Å². The summed E-state index contributed by atoms with van der Waals surface area (Å²) in [6, 6.07) is 33.0. The lowest BCUT2D eigenvalue weighted by Crippen LogP contribution is -1.87. The van der Waals surface area contributed by atoms with Crippen molar-refractivity contribution < 1.29 is 0 Å². The average Bonchev–Trinajstić information content (AvgIpc) is 3.93. The Bertz CT molecular complexity index is 2450. The van der Waals surface area contributed by atoms with Crippen LogP contribution in [0.15, 0.2) is 196 Å². The van der Waals surface area contributed by atoms with E-state index in [4.69, 9.17) is 0 Å². The quantitative estimate of drug-likeness (QED) is 0.150. The van der Waals surface area contributed by atoms with Crippen molar-refractivity contribution in [3.8, 4) is 86.3 Å². The third-order valence-electron chi connectivity index (χ3n) is 9.46. The Morgan fingerprint density at radius 3 is 0.483 bits per heavy atom. The molecular weight excluding hydrogens is 753 g/mol. The molecule has 0 aromatic carbocycles. The van der Waals surface area contributed by atoms with Crippen molar-refractivity contribution in [2.45, 2.75) is 0 Å². The maximum atomic E-state index is 4.22. The van der Waals surface area contributed by atoms with Gasteiger partial charge in [0.2, 0.25) is 0 Å². The van der Waals surface area contributed by atoms with Gasteiger partial charge in [0.25, 0.3) is 0 Å². The predicted octanol–water partition coefficient (Wildman–Crippen LogP) is 12.0. The highest BCUT2D eigenvalue weighted by molar-refractivity contribution is 7.20. The fourth-order valence-electron chi connectivity index (χ4n) is 6.86. The van der Waals surface area contributed by atoms with Crippen molar-refractivity contribution in [3.05, 3.63) is 196 Å². The average molecular weight is 785 g/mol. The number of aromatic nitrogens is 8. The minimum Gasteiger partial charge on any atom is -0.265 e. The number of nitrogens with zero attached hydrogens (tertiary/aromatic N) is 8. The number of pyridine rings is 8. The molecule has 10 aromatic rings. The van der Waals surface area contributed by atoms with Gasteiger partial charge in [0, 0.05) is 141 Å². The van der Waals surface area contributed by atoms with Crippen LogP contribution < -0.4 is 0 Å². The van der Waals surface area contributed by atoms with Crippen LogP contribution in [0.1, 0.15) is 0 Å². The van der Waals surface area contributed by atoms with E-state index in [0.717, 1.165) is 44.5 Å². The molecule has 276 valence electrons. The van der Waals surface area contributed by atoms with Crippen LogP contribution in [0.4, 0.5) is 0 Å². The van der Waals surface area contributed by atoms with Crippen molar-refractivity contribution in [2.24, 2.45) is 0 Å². The molecule has 0 fully saturated rings. The molecule has 0 unspecified atom stereocenters. The van der Waals surface area contributed by atoms with E-state index in [9.17, 15) is 0 Å². The number of hydrogen-bond donors (Lipinski definition) is 0. The van der Waals surface area contributed by atoms with E-state index in [0.29, 0.717) is 0 Å². The fourth-order valence-corrected chi connectivity index (χ4v) is 9.58. The molecule has 58 heavy (non-hydrogen) atoms.